The average molecular weight is 392 g/mol. The van der Waals surface area contributed by atoms with Crippen molar-refractivity contribution in [2.45, 2.75) is 38.7 Å². The highest BCUT2D eigenvalue weighted by Crippen LogP contribution is 2.26. The molecule has 29 heavy (non-hydrogen) atoms. The highest BCUT2D eigenvalue weighted by Gasteiger charge is 2.37. The number of imide groups is 1. The summed E-state index contributed by atoms with van der Waals surface area (Å²) < 4.78 is 5.55. The molecule has 1 fully saturated rings. The molecule has 0 radical (unpaired) electrons. The van der Waals surface area contributed by atoms with Crippen molar-refractivity contribution < 1.29 is 19.1 Å². The van der Waals surface area contributed by atoms with Crippen LogP contribution in [-0.4, -0.2) is 41.9 Å². The number of ether oxygens (including phenoxy) is 1. The third kappa shape index (κ3) is 3.93. The number of rotatable bonds is 6. The highest BCUT2D eigenvalue weighted by atomic mass is 16.5. The smallest absolute Gasteiger partial charge is 0.261 e. The highest BCUT2D eigenvalue weighted by molar-refractivity contribution is 6.22. The molecule has 0 aliphatic carbocycles. The molecule has 2 aliphatic rings. The van der Waals surface area contributed by atoms with E-state index in [1.807, 2.05) is 24.3 Å². The number of fused-ring (bicyclic) bond motifs is 1. The van der Waals surface area contributed by atoms with E-state index in [2.05, 4.69) is 12.2 Å². The van der Waals surface area contributed by atoms with Crippen LogP contribution in [0.3, 0.4) is 0 Å². The van der Waals surface area contributed by atoms with E-state index in [-0.39, 0.29) is 35.9 Å². The van der Waals surface area contributed by atoms with E-state index in [1.54, 1.807) is 12.1 Å². The normalized spacial score (nSPS) is 18.2. The number of hydrogen-bond acceptors (Lipinski definition) is 4. The molecule has 150 valence electrons. The van der Waals surface area contributed by atoms with E-state index in [0.717, 1.165) is 25.7 Å². The number of hydrogen-bond donors (Lipinski definition) is 1. The molecule has 1 atom stereocenters. The third-order valence-corrected chi connectivity index (χ3v) is 5.39. The first-order valence-electron chi connectivity index (χ1n) is 10.1. The maximum atomic E-state index is 12.7. The largest absolute Gasteiger partial charge is 0.376 e. The fourth-order valence-electron chi connectivity index (χ4n) is 3.84. The van der Waals surface area contributed by atoms with Crippen LogP contribution in [0, 0.1) is 0 Å². The number of anilines is 1. The van der Waals surface area contributed by atoms with E-state index in [0.29, 0.717) is 23.4 Å². The van der Waals surface area contributed by atoms with Gasteiger partial charge in [0.05, 0.1) is 23.8 Å². The van der Waals surface area contributed by atoms with Gasteiger partial charge in [-0.15, -0.1) is 0 Å². The number of nitrogens with zero attached hydrogens (tertiary/aromatic N) is 1. The first-order chi connectivity index (χ1) is 14.1. The maximum Gasteiger partial charge on any atom is 0.261 e. The van der Waals surface area contributed by atoms with Gasteiger partial charge in [0, 0.05) is 17.9 Å². The van der Waals surface area contributed by atoms with E-state index >= 15 is 0 Å². The van der Waals surface area contributed by atoms with E-state index in [1.165, 1.54) is 16.5 Å². The van der Waals surface area contributed by atoms with Crippen molar-refractivity contribution in [1.29, 1.82) is 0 Å². The second-order valence-electron chi connectivity index (χ2n) is 7.52. The van der Waals surface area contributed by atoms with Gasteiger partial charge in [-0.25, -0.2) is 0 Å². The number of carbonyl (C=O) groups is 3. The van der Waals surface area contributed by atoms with Gasteiger partial charge in [-0.05, 0) is 55.2 Å². The van der Waals surface area contributed by atoms with Crippen LogP contribution in [0.25, 0.3) is 0 Å². The standard InChI is InChI=1S/C23H24N2O4/c1-2-4-15-6-9-17(10-7-15)24-21(26)16-8-11-19-20(13-16)23(28)25(22(19)27)14-18-5-3-12-29-18/h6-11,13,18H,2-5,12,14H2,1H3,(H,24,26). The van der Waals surface area contributed by atoms with Crippen LogP contribution in [0.1, 0.15) is 62.8 Å². The zero-order chi connectivity index (χ0) is 20.4. The van der Waals surface area contributed by atoms with Gasteiger partial charge in [0.15, 0.2) is 0 Å². The van der Waals surface area contributed by atoms with E-state index in [9.17, 15) is 14.4 Å². The lowest BCUT2D eigenvalue weighted by atomic mass is 10.0. The third-order valence-electron chi connectivity index (χ3n) is 5.39. The van der Waals surface area contributed by atoms with Gasteiger partial charge in [0.1, 0.15) is 0 Å². The molecule has 2 aliphatic heterocycles. The summed E-state index contributed by atoms with van der Waals surface area (Å²) >= 11 is 0. The van der Waals surface area contributed by atoms with E-state index < -0.39 is 0 Å². The molecule has 0 bridgehead atoms. The minimum Gasteiger partial charge on any atom is -0.376 e. The molecular weight excluding hydrogens is 368 g/mol. The molecule has 0 saturated carbocycles. The molecule has 3 amide bonds. The Bertz CT molecular complexity index is 946. The Labute approximate surface area is 169 Å². The Morgan fingerprint density at radius 2 is 1.86 bits per heavy atom. The Kier molecular flexibility index (Phi) is 5.45. The lowest BCUT2D eigenvalue weighted by Crippen LogP contribution is -2.36. The first-order valence-corrected chi connectivity index (χ1v) is 10.1. The van der Waals surface area contributed by atoms with Gasteiger partial charge in [0.2, 0.25) is 0 Å². The summed E-state index contributed by atoms with van der Waals surface area (Å²) in [5.74, 6) is -0.994. The zero-order valence-corrected chi connectivity index (χ0v) is 16.4. The summed E-state index contributed by atoms with van der Waals surface area (Å²) in [5, 5.41) is 2.85. The monoisotopic (exact) mass is 392 g/mol. The number of carbonyl (C=O) groups excluding carboxylic acids is 3. The van der Waals surface area contributed by atoms with E-state index in [4.69, 9.17) is 4.74 Å². The molecule has 2 aromatic rings. The Morgan fingerprint density at radius 3 is 2.55 bits per heavy atom. The fraction of sp³-hybridized carbons (Fsp3) is 0.348. The molecule has 4 rings (SSSR count). The minimum atomic E-state index is -0.362. The van der Waals surface area contributed by atoms with Gasteiger partial charge >= 0.3 is 0 Å². The second-order valence-corrected chi connectivity index (χ2v) is 7.52. The van der Waals surface area contributed by atoms with Crippen LogP contribution in [0.4, 0.5) is 5.69 Å². The van der Waals surface area contributed by atoms with Gasteiger partial charge in [-0.3, -0.25) is 19.3 Å². The molecule has 2 aromatic carbocycles. The lowest BCUT2D eigenvalue weighted by Gasteiger charge is -2.17. The predicted octanol–water partition coefficient (Wildman–Crippen LogP) is 3.67. The summed E-state index contributed by atoms with van der Waals surface area (Å²) in [6.07, 6.45) is 3.75. The molecule has 1 saturated heterocycles. The molecule has 2 heterocycles. The van der Waals surface area contributed by atoms with Crippen molar-refractivity contribution in [2.75, 3.05) is 18.5 Å². The van der Waals surface area contributed by atoms with Gasteiger partial charge in [0.25, 0.3) is 17.7 Å². The van der Waals surface area contributed by atoms with Crippen molar-refractivity contribution >= 4 is 23.4 Å². The van der Waals surface area contributed by atoms with Gasteiger partial charge < -0.3 is 10.1 Å². The topological polar surface area (TPSA) is 75.7 Å². The summed E-state index contributed by atoms with van der Waals surface area (Å²) in [6.45, 7) is 3.05. The average Bonchev–Trinajstić information content (AvgIpc) is 3.32. The molecule has 0 spiro atoms. The van der Waals surface area contributed by atoms with Crippen LogP contribution in [0.2, 0.25) is 0 Å². The van der Waals surface area contributed by atoms with Crippen molar-refractivity contribution in [3.63, 3.8) is 0 Å². The molecular formula is C23H24N2O4. The molecule has 1 unspecified atom stereocenters. The molecule has 6 nitrogen and oxygen atoms in total. The molecule has 0 aromatic heterocycles. The molecule has 1 N–H and O–H groups in total. The van der Waals surface area contributed by atoms with Crippen molar-refractivity contribution in [1.82, 2.24) is 4.90 Å². The van der Waals surface area contributed by atoms with Crippen LogP contribution in [0.5, 0.6) is 0 Å². The number of benzene rings is 2. The Morgan fingerprint density at radius 1 is 1.10 bits per heavy atom. The summed E-state index contributed by atoms with van der Waals surface area (Å²) in [5.41, 5.74) is 2.88. The van der Waals surface area contributed by atoms with Crippen LogP contribution in [0.15, 0.2) is 42.5 Å². The predicted molar refractivity (Wildman–Crippen MR) is 109 cm³/mol. The summed E-state index contributed by atoms with van der Waals surface area (Å²) in [4.78, 5) is 39.2. The quantitative estimate of drug-likeness (QED) is 0.761. The fourth-order valence-corrected chi connectivity index (χ4v) is 3.84. The van der Waals surface area contributed by atoms with Crippen molar-refractivity contribution in [2.24, 2.45) is 0 Å². The van der Waals surface area contributed by atoms with Crippen LogP contribution in [-0.2, 0) is 11.2 Å². The first kappa shape index (κ1) is 19.3. The molecule has 6 heteroatoms. The minimum absolute atomic E-state index is 0.101. The lowest BCUT2D eigenvalue weighted by molar-refractivity contribution is 0.0475. The zero-order valence-electron chi connectivity index (χ0n) is 16.4. The van der Waals surface area contributed by atoms with Crippen molar-refractivity contribution in [3.8, 4) is 0 Å². The summed E-state index contributed by atoms with van der Waals surface area (Å²) in [7, 11) is 0. The number of nitrogens with one attached hydrogen (secondary N) is 1. The second kappa shape index (κ2) is 8.17. The van der Waals surface area contributed by atoms with Crippen LogP contribution < -0.4 is 5.32 Å². The van der Waals surface area contributed by atoms with Gasteiger partial charge in [-0.1, -0.05) is 25.5 Å². The van der Waals surface area contributed by atoms with Crippen LogP contribution >= 0.6 is 0 Å². The number of amides is 3. The Hall–Kier alpha value is -2.99. The van der Waals surface area contributed by atoms with Crippen molar-refractivity contribution in [3.05, 3.63) is 64.7 Å². The maximum absolute atomic E-state index is 12.7. The summed E-state index contributed by atoms with van der Waals surface area (Å²) in [6, 6.07) is 12.4. The number of aryl methyl sites for hydroxylation is 1. The van der Waals surface area contributed by atoms with Gasteiger partial charge in [-0.2, -0.15) is 0 Å². The SMILES string of the molecule is CCCc1ccc(NC(=O)c2ccc3c(c2)C(=O)N(CC2CCCO2)C3=O)cc1. The Balaban J connectivity index is 1.48.